The molecule has 0 atom stereocenters. The Morgan fingerprint density at radius 2 is 1.02 bits per heavy atom. The number of carbonyl (C=O) groups is 5. The molecule has 14 heteroatoms. The molecule has 7 N–H and O–H groups in total. The van der Waals surface area contributed by atoms with Crippen LogP contribution in [0, 0.1) is 0 Å². The molecule has 45 heavy (non-hydrogen) atoms. The van der Waals surface area contributed by atoms with E-state index in [1.165, 1.54) is 0 Å². The fraction of sp³-hybridized carbons (Fsp3) is 0.774. The fourth-order valence-electron chi connectivity index (χ4n) is 4.14. The second-order valence-electron chi connectivity index (χ2n) is 11.0. The maximum atomic E-state index is 12.1. The van der Waals surface area contributed by atoms with Crippen molar-refractivity contribution in [2.45, 2.75) is 116 Å². The molecule has 0 heterocycles. The summed E-state index contributed by atoms with van der Waals surface area (Å²) < 4.78 is 0. The van der Waals surface area contributed by atoms with Gasteiger partial charge in [0.1, 0.15) is 0 Å². The molecule has 0 saturated carbocycles. The van der Waals surface area contributed by atoms with Crippen molar-refractivity contribution in [2.75, 3.05) is 39.3 Å². The zero-order valence-electron chi connectivity index (χ0n) is 27.2. The van der Waals surface area contributed by atoms with Crippen LogP contribution in [0.4, 0.5) is 0 Å². The van der Waals surface area contributed by atoms with E-state index in [4.69, 9.17) is 5.73 Å². The number of hydrogen-bond donors (Lipinski definition) is 6. The first-order chi connectivity index (χ1) is 21.6. The van der Waals surface area contributed by atoms with Crippen molar-refractivity contribution in [1.29, 1.82) is 0 Å². The van der Waals surface area contributed by atoms with Crippen LogP contribution in [0.25, 0.3) is 0 Å². The molecule has 0 saturated heterocycles. The Bertz CT molecular complexity index is 873. The third kappa shape index (κ3) is 24.9. The molecule has 5 amide bonds. The van der Waals surface area contributed by atoms with Crippen molar-refractivity contribution >= 4 is 29.5 Å². The molecule has 14 nitrogen and oxygen atoms in total. The van der Waals surface area contributed by atoms with Gasteiger partial charge in [-0.15, -0.1) is 0 Å². The minimum Gasteiger partial charge on any atom is -0.356 e. The highest BCUT2D eigenvalue weighted by atomic mass is 16.5. The van der Waals surface area contributed by atoms with Crippen LogP contribution in [0.3, 0.4) is 0 Å². The number of nitrogens with two attached hydrogens (primary N) is 1. The molecule has 0 bridgehead atoms. The lowest BCUT2D eigenvalue weighted by molar-refractivity contribution is -0.166. The summed E-state index contributed by atoms with van der Waals surface area (Å²) in [5.74, 6) is -1.97. The lowest BCUT2D eigenvalue weighted by Crippen LogP contribution is -2.31. The maximum absolute atomic E-state index is 12.1. The molecular weight excluding hydrogens is 584 g/mol. The Morgan fingerprint density at radius 3 is 1.47 bits per heavy atom. The van der Waals surface area contributed by atoms with E-state index in [2.05, 4.69) is 17.6 Å². The quantitative estimate of drug-likeness (QED) is 0.0321. The molecule has 0 fully saturated rings. The monoisotopic (exact) mass is 642 g/mol. The number of carbonyl (C=O) groups excluding carboxylic acids is 5. The number of unbranched alkanes of at least 4 members (excludes halogenated alkanes) is 8. The van der Waals surface area contributed by atoms with Gasteiger partial charge in [-0.2, -0.15) is 0 Å². The van der Waals surface area contributed by atoms with Gasteiger partial charge >= 0.3 is 0 Å². The van der Waals surface area contributed by atoms with E-state index in [1.807, 2.05) is 6.08 Å². The van der Waals surface area contributed by atoms with Gasteiger partial charge in [-0.3, -0.25) is 39.6 Å². The highest BCUT2D eigenvalue weighted by Crippen LogP contribution is 2.04. The number of allylic oxidation sites excluding steroid dienone is 1. The van der Waals surface area contributed by atoms with Crippen molar-refractivity contribution in [3.63, 3.8) is 0 Å². The summed E-state index contributed by atoms with van der Waals surface area (Å²) in [7, 11) is 0. The molecule has 0 unspecified atom stereocenters. The van der Waals surface area contributed by atoms with Gasteiger partial charge in [0.25, 0.3) is 0 Å². The summed E-state index contributed by atoms with van der Waals surface area (Å²) in [4.78, 5) is 59.7. The standard InChI is InChI=1S/C31H58N6O8/c1-2-3-4-5-9-16-29(40)35(43)25-14-7-11-22-33-28(39)18-20-31(42)37(45)26-15-8-12-23-34-27(38)17-19-30(41)36(44)24-13-6-10-21-32/h5,9,43-45H,2-4,6-8,10-26,32H2,1H3,(H,33,39)(H,34,38). The SMILES string of the molecule is CCCCC=CCC(=O)N(O)CCCCCNC(=O)CCC(=O)N(O)CCCCCNC(=O)CCC(=O)N(O)CCCCCN. The normalized spacial score (nSPS) is 11.0. The van der Waals surface area contributed by atoms with Crippen LogP contribution in [0.1, 0.15) is 116 Å². The number of amides is 5. The first-order valence-electron chi connectivity index (χ1n) is 16.5. The van der Waals surface area contributed by atoms with E-state index in [1.54, 1.807) is 6.08 Å². The average Bonchev–Trinajstić information content (AvgIpc) is 3.03. The molecule has 0 aromatic heterocycles. The van der Waals surface area contributed by atoms with Gasteiger partial charge in [0, 0.05) is 64.8 Å². The van der Waals surface area contributed by atoms with Crippen LogP contribution in [0.15, 0.2) is 12.2 Å². The molecule has 0 spiro atoms. The highest BCUT2D eigenvalue weighted by Gasteiger charge is 2.14. The third-order valence-corrected chi connectivity index (χ3v) is 6.99. The van der Waals surface area contributed by atoms with E-state index >= 15 is 0 Å². The number of hydrogen-bond acceptors (Lipinski definition) is 9. The van der Waals surface area contributed by atoms with Crippen LogP contribution < -0.4 is 16.4 Å². The summed E-state index contributed by atoms with van der Waals surface area (Å²) in [5.41, 5.74) is 5.41. The first-order valence-corrected chi connectivity index (χ1v) is 16.5. The summed E-state index contributed by atoms with van der Waals surface area (Å²) in [6.45, 7) is 4.03. The summed E-state index contributed by atoms with van der Waals surface area (Å²) >= 11 is 0. The Kier molecular flexibility index (Phi) is 26.5. The molecule has 0 radical (unpaired) electrons. The van der Waals surface area contributed by atoms with E-state index in [0.29, 0.717) is 74.7 Å². The Balaban J connectivity index is 3.79. The number of nitrogens with one attached hydrogen (secondary N) is 2. The van der Waals surface area contributed by atoms with Gasteiger partial charge in [-0.25, -0.2) is 15.2 Å². The van der Waals surface area contributed by atoms with E-state index in [0.717, 1.165) is 37.2 Å². The lowest BCUT2D eigenvalue weighted by atomic mass is 10.2. The van der Waals surface area contributed by atoms with Crippen molar-refractivity contribution in [3.8, 4) is 0 Å². The smallest absolute Gasteiger partial charge is 0.249 e. The Hall–Kier alpha value is -3.07. The number of hydroxylamine groups is 6. The predicted octanol–water partition coefficient (Wildman–Crippen LogP) is 3.04. The molecule has 260 valence electrons. The topological polar surface area (TPSA) is 206 Å². The maximum Gasteiger partial charge on any atom is 0.249 e. The second kappa shape index (κ2) is 28.4. The molecular formula is C31H58N6O8. The largest absolute Gasteiger partial charge is 0.356 e. The van der Waals surface area contributed by atoms with Crippen molar-refractivity contribution in [2.24, 2.45) is 5.73 Å². The minimum absolute atomic E-state index is 0.0205. The van der Waals surface area contributed by atoms with Gasteiger partial charge in [0.05, 0.1) is 0 Å². The third-order valence-electron chi connectivity index (χ3n) is 6.99. The van der Waals surface area contributed by atoms with Gasteiger partial charge in [-0.1, -0.05) is 38.3 Å². The molecule has 0 aliphatic heterocycles. The van der Waals surface area contributed by atoms with Gasteiger partial charge in [0.2, 0.25) is 29.5 Å². The van der Waals surface area contributed by atoms with Crippen LogP contribution in [0.5, 0.6) is 0 Å². The highest BCUT2D eigenvalue weighted by molar-refractivity contribution is 5.83. The van der Waals surface area contributed by atoms with Gasteiger partial charge < -0.3 is 16.4 Å². The van der Waals surface area contributed by atoms with Crippen molar-refractivity contribution < 1.29 is 39.6 Å². The second-order valence-corrected chi connectivity index (χ2v) is 11.0. The molecule has 0 aliphatic carbocycles. The Morgan fingerprint density at radius 1 is 0.578 bits per heavy atom. The summed E-state index contributed by atoms with van der Waals surface area (Å²) in [6.07, 6.45) is 12.8. The molecule has 0 aliphatic rings. The predicted molar refractivity (Wildman–Crippen MR) is 169 cm³/mol. The summed E-state index contributed by atoms with van der Waals surface area (Å²) in [6, 6.07) is 0. The lowest BCUT2D eigenvalue weighted by Gasteiger charge is -2.15. The summed E-state index contributed by atoms with van der Waals surface area (Å²) in [5, 5.41) is 36.9. The zero-order chi connectivity index (χ0) is 33.7. The average molecular weight is 643 g/mol. The zero-order valence-corrected chi connectivity index (χ0v) is 27.2. The molecule has 0 rings (SSSR count). The Labute approximate surface area is 268 Å². The van der Waals surface area contributed by atoms with Crippen LogP contribution in [-0.4, -0.2) is 99.6 Å². The van der Waals surface area contributed by atoms with Crippen molar-refractivity contribution in [3.05, 3.63) is 12.2 Å². The molecule has 0 aromatic rings. The van der Waals surface area contributed by atoms with E-state index in [-0.39, 0.29) is 69.5 Å². The number of nitrogens with zero attached hydrogens (tertiary/aromatic N) is 3. The van der Waals surface area contributed by atoms with Gasteiger partial charge in [-0.05, 0) is 64.3 Å². The van der Waals surface area contributed by atoms with Crippen LogP contribution >= 0.6 is 0 Å². The fourth-order valence-corrected chi connectivity index (χ4v) is 4.14. The van der Waals surface area contributed by atoms with Crippen molar-refractivity contribution in [1.82, 2.24) is 25.8 Å². The molecule has 0 aromatic carbocycles. The van der Waals surface area contributed by atoms with Gasteiger partial charge in [0.15, 0.2) is 0 Å². The van der Waals surface area contributed by atoms with E-state index in [9.17, 15) is 39.6 Å². The van der Waals surface area contributed by atoms with Crippen LogP contribution in [0.2, 0.25) is 0 Å². The first kappa shape index (κ1) is 41.9. The number of rotatable bonds is 28. The van der Waals surface area contributed by atoms with Crippen LogP contribution in [-0.2, 0) is 24.0 Å². The minimum atomic E-state index is -0.548. The van der Waals surface area contributed by atoms with E-state index < -0.39 is 11.8 Å².